The van der Waals surface area contributed by atoms with Gasteiger partial charge in [-0.3, -0.25) is 14.4 Å². The molecular formula is C21H24N2O5. The molecule has 0 spiro atoms. The summed E-state index contributed by atoms with van der Waals surface area (Å²) >= 11 is 0. The summed E-state index contributed by atoms with van der Waals surface area (Å²) in [4.78, 5) is 32.1. The number of hydrogen-bond acceptors (Lipinski definition) is 5. The minimum atomic E-state index is -0.462. The Morgan fingerprint density at radius 2 is 1.54 bits per heavy atom. The van der Waals surface area contributed by atoms with Crippen molar-refractivity contribution in [3.63, 3.8) is 0 Å². The number of amides is 2. The largest absolute Gasteiger partial charge is 0.497 e. The van der Waals surface area contributed by atoms with Crippen molar-refractivity contribution in [2.75, 3.05) is 26.2 Å². The number of benzene rings is 2. The summed E-state index contributed by atoms with van der Waals surface area (Å²) in [5.74, 6) is 0.664. The van der Waals surface area contributed by atoms with Crippen molar-refractivity contribution in [2.24, 2.45) is 5.92 Å². The van der Waals surface area contributed by atoms with E-state index in [4.69, 9.17) is 14.3 Å². The van der Waals surface area contributed by atoms with E-state index in [0.29, 0.717) is 23.6 Å². The number of nitrogens with zero attached hydrogens (tertiary/aromatic N) is 1. The molecule has 2 amide bonds. The molecule has 1 fully saturated rings. The third-order valence-electron chi connectivity index (χ3n) is 4.94. The van der Waals surface area contributed by atoms with Crippen molar-refractivity contribution < 1.29 is 23.9 Å². The highest BCUT2D eigenvalue weighted by molar-refractivity contribution is 5.97. The summed E-state index contributed by atoms with van der Waals surface area (Å²) in [5, 5.41) is 0. The molecule has 0 saturated carbocycles. The Labute approximate surface area is 164 Å². The number of anilines is 1. The predicted molar refractivity (Wildman–Crippen MR) is 104 cm³/mol. The minimum Gasteiger partial charge on any atom is -0.497 e. The summed E-state index contributed by atoms with van der Waals surface area (Å²) in [7, 11) is 4.58. The first-order valence-electron chi connectivity index (χ1n) is 9.02. The van der Waals surface area contributed by atoms with Gasteiger partial charge in [0, 0.05) is 12.1 Å². The van der Waals surface area contributed by atoms with E-state index in [2.05, 4.69) is 5.48 Å². The van der Waals surface area contributed by atoms with Gasteiger partial charge in [-0.1, -0.05) is 12.1 Å². The molecule has 1 aliphatic heterocycles. The van der Waals surface area contributed by atoms with Crippen LogP contribution in [-0.4, -0.2) is 33.1 Å². The second-order valence-corrected chi connectivity index (χ2v) is 6.50. The molecule has 0 aromatic heterocycles. The van der Waals surface area contributed by atoms with E-state index in [1.54, 1.807) is 31.3 Å². The van der Waals surface area contributed by atoms with E-state index in [-0.39, 0.29) is 18.2 Å². The van der Waals surface area contributed by atoms with Crippen LogP contribution in [-0.2, 0) is 14.4 Å². The van der Waals surface area contributed by atoms with Gasteiger partial charge in [-0.25, -0.2) is 5.48 Å². The maximum Gasteiger partial charge on any atom is 0.249 e. The lowest BCUT2D eigenvalue weighted by Gasteiger charge is -2.40. The number of hydrogen-bond donors (Lipinski definition) is 1. The molecular weight excluding hydrogens is 360 g/mol. The molecule has 0 radical (unpaired) electrons. The number of rotatable bonds is 6. The summed E-state index contributed by atoms with van der Waals surface area (Å²) in [6, 6.07) is 14.2. The SMILES string of the molecule is CONC(=O)[C@H]1CCC(=O)N(c2ccc(OC)cc2)[C@H]1c1ccc(OC)cc1. The van der Waals surface area contributed by atoms with E-state index in [9.17, 15) is 9.59 Å². The summed E-state index contributed by atoms with van der Waals surface area (Å²) in [6.07, 6.45) is 0.720. The quantitative estimate of drug-likeness (QED) is 0.775. The molecule has 2 atom stereocenters. The molecule has 7 nitrogen and oxygen atoms in total. The fourth-order valence-corrected chi connectivity index (χ4v) is 3.57. The van der Waals surface area contributed by atoms with Gasteiger partial charge in [0.15, 0.2) is 0 Å². The highest BCUT2D eigenvalue weighted by Crippen LogP contribution is 2.40. The van der Waals surface area contributed by atoms with Crippen molar-refractivity contribution >= 4 is 17.5 Å². The zero-order valence-corrected chi connectivity index (χ0v) is 16.2. The molecule has 3 rings (SSSR count). The number of hydroxylamine groups is 1. The Morgan fingerprint density at radius 1 is 0.964 bits per heavy atom. The van der Waals surface area contributed by atoms with Crippen LogP contribution in [0.5, 0.6) is 11.5 Å². The molecule has 1 N–H and O–H groups in total. The summed E-state index contributed by atoms with van der Waals surface area (Å²) in [5.41, 5.74) is 3.98. The Bertz CT molecular complexity index is 820. The normalized spacial score (nSPS) is 19.2. The highest BCUT2D eigenvalue weighted by Gasteiger charge is 2.41. The fourth-order valence-electron chi connectivity index (χ4n) is 3.57. The Hall–Kier alpha value is -3.06. The Morgan fingerprint density at radius 3 is 2.07 bits per heavy atom. The fraction of sp³-hybridized carbons (Fsp3) is 0.333. The minimum absolute atomic E-state index is 0.0348. The first-order chi connectivity index (χ1) is 13.6. The molecule has 148 valence electrons. The van der Waals surface area contributed by atoms with Gasteiger partial charge >= 0.3 is 0 Å². The van der Waals surface area contributed by atoms with Crippen molar-refractivity contribution in [3.05, 3.63) is 54.1 Å². The number of nitrogens with one attached hydrogen (secondary N) is 1. The van der Waals surface area contributed by atoms with Crippen molar-refractivity contribution in [2.45, 2.75) is 18.9 Å². The van der Waals surface area contributed by atoms with Crippen LogP contribution in [0.2, 0.25) is 0 Å². The number of ether oxygens (including phenoxy) is 2. The lowest BCUT2D eigenvalue weighted by molar-refractivity contribution is -0.138. The van der Waals surface area contributed by atoms with E-state index in [1.165, 1.54) is 7.11 Å². The molecule has 1 saturated heterocycles. The standard InChI is InChI=1S/C21H24N2O5/c1-26-16-8-4-14(5-9-16)20-18(21(25)22-28-3)12-13-19(24)23(20)15-6-10-17(27-2)11-7-15/h4-11,18,20H,12-13H2,1-3H3,(H,22,25)/t18-,20-/m0/s1. The van der Waals surface area contributed by atoms with Crippen molar-refractivity contribution in [3.8, 4) is 11.5 Å². The number of piperidine rings is 1. The van der Waals surface area contributed by atoms with Gasteiger partial charge in [-0.05, 0) is 48.4 Å². The van der Waals surface area contributed by atoms with Crippen LogP contribution in [0.3, 0.4) is 0 Å². The molecule has 0 unspecified atom stereocenters. The van der Waals surface area contributed by atoms with Gasteiger partial charge in [0.1, 0.15) is 11.5 Å². The van der Waals surface area contributed by atoms with Crippen molar-refractivity contribution in [1.82, 2.24) is 5.48 Å². The lowest BCUT2D eigenvalue weighted by atomic mass is 9.83. The molecule has 0 aliphatic carbocycles. The number of carbonyl (C=O) groups excluding carboxylic acids is 2. The molecule has 2 aromatic rings. The summed E-state index contributed by atoms with van der Waals surface area (Å²) in [6.45, 7) is 0. The Balaban J connectivity index is 2.05. The van der Waals surface area contributed by atoms with E-state index in [0.717, 1.165) is 5.56 Å². The molecule has 7 heteroatoms. The molecule has 2 aromatic carbocycles. The lowest BCUT2D eigenvalue weighted by Crippen LogP contribution is -2.48. The maximum absolute atomic E-state index is 12.9. The van der Waals surface area contributed by atoms with Gasteiger partial charge in [0.05, 0.1) is 33.3 Å². The van der Waals surface area contributed by atoms with E-state index >= 15 is 0 Å². The van der Waals surface area contributed by atoms with Crippen LogP contribution >= 0.6 is 0 Å². The molecule has 28 heavy (non-hydrogen) atoms. The van der Waals surface area contributed by atoms with Crippen LogP contribution in [0.25, 0.3) is 0 Å². The monoisotopic (exact) mass is 384 g/mol. The van der Waals surface area contributed by atoms with Crippen LogP contribution in [0.1, 0.15) is 24.4 Å². The van der Waals surface area contributed by atoms with Crippen LogP contribution in [0.4, 0.5) is 5.69 Å². The number of carbonyl (C=O) groups is 2. The molecule has 1 aliphatic rings. The van der Waals surface area contributed by atoms with Gasteiger partial charge in [0.2, 0.25) is 11.8 Å². The van der Waals surface area contributed by atoms with E-state index in [1.807, 2.05) is 36.4 Å². The van der Waals surface area contributed by atoms with E-state index < -0.39 is 12.0 Å². The second-order valence-electron chi connectivity index (χ2n) is 6.50. The third-order valence-corrected chi connectivity index (χ3v) is 4.94. The average Bonchev–Trinajstić information content (AvgIpc) is 2.74. The second kappa shape index (κ2) is 8.75. The average molecular weight is 384 g/mol. The van der Waals surface area contributed by atoms with Gasteiger partial charge in [0.25, 0.3) is 0 Å². The number of methoxy groups -OCH3 is 2. The Kier molecular flexibility index (Phi) is 6.16. The first-order valence-corrected chi connectivity index (χ1v) is 9.02. The molecule has 0 bridgehead atoms. The zero-order chi connectivity index (χ0) is 20.1. The van der Waals surface area contributed by atoms with Crippen molar-refractivity contribution in [1.29, 1.82) is 0 Å². The van der Waals surface area contributed by atoms with Crippen LogP contribution < -0.4 is 19.9 Å². The topological polar surface area (TPSA) is 77.1 Å². The third kappa shape index (κ3) is 3.94. The van der Waals surface area contributed by atoms with Gasteiger partial charge in [-0.15, -0.1) is 0 Å². The van der Waals surface area contributed by atoms with Gasteiger partial charge < -0.3 is 14.4 Å². The first kappa shape index (κ1) is 19.7. The van der Waals surface area contributed by atoms with Crippen LogP contribution in [0, 0.1) is 5.92 Å². The smallest absolute Gasteiger partial charge is 0.249 e. The highest BCUT2D eigenvalue weighted by atomic mass is 16.6. The maximum atomic E-state index is 12.9. The predicted octanol–water partition coefficient (Wildman–Crippen LogP) is 2.87. The zero-order valence-electron chi connectivity index (χ0n) is 16.2. The summed E-state index contributed by atoms with van der Waals surface area (Å²) < 4.78 is 10.4. The molecule has 1 heterocycles. The van der Waals surface area contributed by atoms with Crippen LogP contribution in [0.15, 0.2) is 48.5 Å². The van der Waals surface area contributed by atoms with Gasteiger partial charge in [-0.2, -0.15) is 0 Å².